The molecular formula is C33H26ClFN4O4S2. The van der Waals surface area contributed by atoms with Gasteiger partial charge < -0.3 is 20.7 Å². The van der Waals surface area contributed by atoms with Gasteiger partial charge in [-0.2, -0.15) is 0 Å². The van der Waals surface area contributed by atoms with Crippen LogP contribution in [0.25, 0.3) is 16.3 Å². The summed E-state index contributed by atoms with van der Waals surface area (Å²) in [4.78, 5) is 44.1. The van der Waals surface area contributed by atoms with Gasteiger partial charge in [-0.05, 0) is 73.7 Å². The number of fused-ring (bicyclic) bond motifs is 1. The minimum atomic E-state index is -0.693. The number of nitrogens with zero attached hydrogens (tertiary/aromatic N) is 1. The first-order chi connectivity index (χ1) is 21.8. The topological polar surface area (TPSA) is 109 Å². The molecule has 0 spiro atoms. The SMILES string of the molecule is CCOc1ccc2nc(NC(=O)CSc3cccc(NC(=O)/C(=C\c4c(F)cccc4Cl)NC(=O)c4ccccc4)c3)sc2c1. The molecule has 12 heteroatoms. The van der Waals surface area contributed by atoms with Crippen LogP contribution in [0.3, 0.4) is 0 Å². The molecule has 1 heterocycles. The van der Waals surface area contributed by atoms with Gasteiger partial charge in [-0.1, -0.05) is 53.3 Å². The minimum absolute atomic E-state index is 0.0455. The normalized spacial score (nSPS) is 11.2. The number of halogens is 2. The first kappa shape index (κ1) is 31.7. The van der Waals surface area contributed by atoms with Gasteiger partial charge in [0.05, 0.1) is 27.6 Å². The molecule has 0 saturated carbocycles. The smallest absolute Gasteiger partial charge is 0.272 e. The van der Waals surface area contributed by atoms with E-state index in [0.717, 1.165) is 16.0 Å². The number of benzene rings is 4. The lowest BCUT2D eigenvalue weighted by atomic mass is 10.1. The Balaban J connectivity index is 1.26. The number of hydrogen-bond acceptors (Lipinski definition) is 7. The van der Waals surface area contributed by atoms with Gasteiger partial charge in [-0.25, -0.2) is 9.37 Å². The molecule has 0 fully saturated rings. The second-order valence-corrected chi connectivity index (χ2v) is 11.9. The van der Waals surface area contributed by atoms with Crippen molar-refractivity contribution >= 4 is 79.5 Å². The van der Waals surface area contributed by atoms with Crippen LogP contribution in [0.15, 0.2) is 102 Å². The molecule has 1 aromatic heterocycles. The van der Waals surface area contributed by atoms with E-state index in [4.69, 9.17) is 16.3 Å². The van der Waals surface area contributed by atoms with Gasteiger partial charge in [0, 0.05) is 21.7 Å². The quantitative estimate of drug-likeness (QED) is 0.0993. The van der Waals surface area contributed by atoms with Gasteiger partial charge >= 0.3 is 0 Å². The second kappa shape index (κ2) is 14.8. The fourth-order valence-electron chi connectivity index (χ4n) is 4.12. The van der Waals surface area contributed by atoms with Crippen molar-refractivity contribution in [3.8, 4) is 5.75 Å². The van der Waals surface area contributed by atoms with E-state index < -0.39 is 17.6 Å². The summed E-state index contributed by atoms with van der Waals surface area (Å²) in [7, 11) is 0. The van der Waals surface area contributed by atoms with Crippen LogP contribution in [0.1, 0.15) is 22.8 Å². The summed E-state index contributed by atoms with van der Waals surface area (Å²) in [6.45, 7) is 2.47. The van der Waals surface area contributed by atoms with Crippen LogP contribution in [0.2, 0.25) is 5.02 Å². The molecule has 0 atom stereocenters. The molecule has 3 amide bonds. The van der Waals surface area contributed by atoms with E-state index in [1.165, 1.54) is 47.4 Å². The van der Waals surface area contributed by atoms with E-state index in [-0.39, 0.29) is 27.9 Å². The predicted molar refractivity (Wildman–Crippen MR) is 179 cm³/mol. The highest BCUT2D eigenvalue weighted by atomic mass is 35.5. The first-order valence-corrected chi connectivity index (χ1v) is 15.9. The van der Waals surface area contributed by atoms with Gasteiger partial charge in [0.25, 0.3) is 11.8 Å². The van der Waals surface area contributed by atoms with Crippen LogP contribution in [-0.4, -0.2) is 35.1 Å². The molecule has 4 aromatic carbocycles. The average Bonchev–Trinajstić information content (AvgIpc) is 3.43. The van der Waals surface area contributed by atoms with E-state index in [0.29, 0.717) is 27.9 Å². The van der Waals surface area contributed by atoms with Crippen LogP contribution in [0, 0.1) is 5.82 Å². The maximum atomic E-state index is 14.6. The zero-order valence-corrected chi connectivity index (χ0v) is 26.2. The molecule has 228 valence electrons. The van der Waals surface area contributed by atoms with Gasteiger partial charge in [-0.3, -0.25) is 14.4 Å². The summed E-state index contributed by atoms with van der Waals surface area (Å²) in [5.74, 6) is -1.30. The molecule has 5 aromatic rings. The van der Waals surface area contributed by atoms with Crippen LogP contribution in [-0.2, 0) is 9.59 Å². The second-order valence-electron chi connectivity index (χ2n) is 9.41. The van der Waals surface area contributed by atoms with E-state index >= 15 is 0 Å². The number of nitrogens with one attached hydrogen (secondary N) is 3. The molecule has 0 radical (unpaired) electrons. The van der Waals surface area contributed by atoms with E-state index in [1.54, 1.807) is 54.6 Å². The Bertz CT molecular complexity index is 1880. The molecule has 5 rings (SSSR count). The molecule has 0 aliphatic heterocycles. The number of thioether (sulfide) groups is 1. The zero-order valence-electron chi connectivity index (χ0n) is 23.8. The Kier molecular flexibility index (Phi) is 10.5. The molecule has 0 aliphatic carbocycles. The molecule has 0 unspecified atom stereocenters. The Hall–Kier alpha value is -4.71. The lowest BCUT2D eigenvalue weighted by Gasteiger charge is -2.13. The number of amides is 3. The van der Waals surface area contributed by atoms with Crippen molar-refractivity contribution in [2.45, 2.75) is 11.8 Å². The van der Waals surface area contributed by atoms with Gasteiger partial charge in [0.1, 0.15) is 17.3 Å². The Morgan fingerprint density at radius 3 is 2.56 bits per heavy atom. The number of rotatable bonds is 11. The van der Waals surface area contributed by atoms with Crippen molar-refractivity contribution in [2.75, 3.05) is 23.0 Å². The molecule has 0 saturated heterocycles. The van der Waals surface area contributed by atoms with Crippen LogP contribution < -0.4 is 20.7 Å². The Morgan fingerprint density at radius 2 is 1.78 bits per heavy atom. The molecule has 0 bridgehead atoms. The summed E-state index contributed by atoms with van der Waals surface area (Å²) < 4.78 is 21.0. The highest BCUT2D eigenvalue weighted by molar-refractivity contribution is 8.00. The summed E-state index contributed by atoms with van der Waals surface area (Å²) in [6.07, 6.45) is 1.19. The molecule has 8 nitrogen and oxygen atoms in total. The third-order valence-electron chi connectivity index (χ3n) is 6.20. The highest BCUT2D eigenvalue weighted by Crippen LogP contribution is 2.30. The van der Waals surface area contributed by atoms with Crippen molar-refractivity contribution in [3.63, 3.8) is 0 Å². The van der Waals surface area contributed by atoms with E-state index in [2.05, 4.69) is 20.9 Å². The molecule has 0 aliphatic rings. The van der Waals surface area contributed by atoms with Gasteiger partial charge in [0.15, 0.2) is 5.13 Å². The number of hydrogen-bond donors (Lipinski definition) is 3. The van der Waals surface area contributed by atoms with E-state index in [1.807, 2.05) is 25.1 Å². The third kappa shape index (κ3) is 8.48. The lowest BCUT2D eigenvalue weighted by molar-refractivity contribution is -0.114. The fourth-order valence-corrected chi connectivity index (χ4v) is 6.00. The van der Waals surface area contributed by atoms with Crippen molar-refractivity contribution < 1.29 is 23.5 Å². The summed E-state index contributed by atoms with van der Waals surface area (Å²) in [5, 5.41) is 8.69. The van der Waals surface area contributed by atoms with Crippen molar-refractivity contribution in [1.82, 2.24) is 10.3 Å². The Morgan fingerprint density at radius 1 is 0.978 bits per heavy atom. The van der Waals surface area contributed by atoms with Crippen LogP contribution in [0.4, 0.5) is 15.2 Å². The zero-order chi connectivity index (χ0) is 31.8. The van der Waals surface area contributed by atoms with Gasteiger partial charge in [-0.15, -0.1) is 11.8 Å². The molecule has 3 N–H and O–H groups in total. The maximum absolute atomic E-state index is 14.6. The number of carbonyl (C=O) groups is 3. The number of ether oxygens (including phenoxy) is 1. The largest absolute Gasteiger partial charge is 0.494 e. The van der Waals surface area contributed by atoms with E-state index in [9.17, 15) is 18.8 Å². The van der Waals surface area contributed by atoms with Crippen LogP contribution >= 0.6 is 34.7 Å². The third-order valence-corrected chi connectivity index (χ3v) is 8.45. The summed E-state index contributed by atoms with van der Waals surface area (Å²) in [6, 6.07) is 24.9. The van der Waals surface area contributed by atoms with Gasteiger partial charge in [0.2, 0.25) is 5.91 Å². The number of carbonyl (C=O) groups excluding carboxylic acids is 3. The maximum Gasteiger partial charge on any atom is 0.272 e. The molecular weight excluding hydrogens is 635 g/mol. The summed E-state index contributed by atoms with van der Waals surface area (Å²) in [5.41, 5.74) is 1.23. The fraction of sp³-hybridized carbons (Fsp3) is 0.0909. The van der Waals surface area contributed by atoms with Crippen LogP contribution in [0.5, 0.6) is 5.75 Å². The average molecular weight is 661 g/mol. The highest BCUT2D eigenvalue weighted by Gasteiger charge is 2.17. The number of anilines is 2. The standard InChI is InChI=1S/C33H26ClFN4O4S2/c1-2-43-22-14-15-27-29(17-22)45-33(38-27)39-30(40)19-44-23-11-6-10-21(16-23)36-32(42)28(18-24-25(34)12-7-13-26(24)35)37-31(41)20-8-4-3-5-9-20/h3-18H,2,19H2,1H3,(H,36,42)(H,37,41)(H,38,39,40)/b28-18+. The van der Waals surface area contributed by atoms with Crippen molar-refractivity contribution in [2.24, 2.45) is 0 Å². The van der Waals surface area contributed by atoms with Crippen molar-refractivity contribution in [3.05, 3.63) is 119 Å². The summed E-state index contributed by atoms with van der Waals surface area (Å²) >= 11 is 8.82. The number of thiazole rings is 1. The lowest BCUT2D eigenvalue weighted by Crippen LogP contribution is -2.30. The Labute approximate surface area is 271 Å². The number of aromatic nitrogens is 1. The van der Waals surface area contributed by atoms with Crippen molar-refractivity contribution in [1.29, 1.82) is 0 Å². The molecule has 45 heavy (non-hydrogen) atoms. The minimum Gasteiger partial charge on any atom is -0.494 e. The first-order valence-electron chi connectivity index (χ1n) is 13.7. The predicted octanol–water partition coefficient (Wildman–Crippen LogP) is 7.63. The monoisotopic (exact) mass is 660 g/mol.